The molecule has 3 aromatic rings. The lowest BCUT2D eigenvalue weighted by molar-refractivity contribution is 0.578. The van der Waals surface area contributed by atoms with Gasteiger partial charge in [-0.2, -0.15) is 5.10 Å². The van der Waals surface area contributed by atoms with Crippen molar-refractivity contribution in [3.8, 4) is 0 Å². The first-order valence-electron chi connectivity index (χ1n) is 9.80. The Morgan fingerprint density at radius 2 is 1.39 bits per heavy atom. The van der Waals surface area contributed by atoms with Crippen LogP contribution in [0.15, 0.2) is 84.0 Å². The maximum Gasteiger partial charge on any atom is 0.0652 e. The van der Waals surface area contributed by atoms with Crippen LogP contribution in [0.5, 0.6) is 0 Å². The van der Waals surface area contributed by atoms with Crippen molar-refractivity contribution in [1.82, 2.24) is 0 Å². The lowest BCUT2D eigenvalue weighted by atomic mass is 10.1. The van der Waals surface area contributed by atoms with E-state index in [0.29, 0.717) is 0 Å². The van der Waals surface area contributed by atoms with E-state index < -0.39 is 0 Å². The summed E-state index contributed by atoms with van der Waals surface area (Å²) >= 11 is 2.42. The number of hydrazone groups is 1. The first-order chi connectivity index (χ1) is 13.8. The molecule has 3 aromatic carbocycles. The number of hydrogen-bond donors (Lipinski definition) is 0. The highest BCUT2D eigenvalue weighted by atomic mass is 127. The SMILES string of the molecule is Ic1cc(N2CCCCC2)ccc1C=NN(c1ccccc1)c1ccccc1. The Bertz CT molecular complexity index is 880. The maximum absolute atomic E-state index is 4.83. The molecule has 0 unspecified atom stereocenters. The number of nitrogens with zero attached hydrogens (tertiary/aromatic N) is 3. The molecule has 1 aliphatic rings. The van der Waals surface area contributed by atoms with Crippen LogP contribution in [0, 0.1) is 3.57 Å². The van der Waals surface area contributed by atoms with Gasteiger partial charge in [-0.25, -0.2) is 5.01 Å². The van der Waals surface area contributed by atoms with Crippen molar-refractivity contribution in [3.63, 3.8) is 0 Å². The molecule has 1 saturated heterocycles. The lowest BCUT2D eigenvalue weighted by Crippen LogP contribution is -2.29. The van der Waals surface area contributed by atoms with Crippen molar-refractivity contribution >= 4 is 45.9 Å². The topological polar surface area (TPSA) is 18.8 Å². The summed E-state index contributed by atoms with van der Waals surface area (Å²) in [6.45, 7) is 2.33. The zero-order valence-corrected chi connectivity index (χ0v) is 18.0. The van der Waals surface area contributed by atoms with Crippen LogP contribution in [0.4, 0.5) is 17.1 Å². The van der Waals surface area contributed by atoms with Crippen LogP contribution in [-0.4, -0.2) is 19.3 Å². The largest absolute Gasteiger partial charge is 0.372 e. The van der Waals surface area contributed by atoms with E-state index in [9.17, 15) is 0 Å². The van der Waals surface area contributed by atoms with Gasteiger partial charge in [0, 0.05) is 27.9 Å². The molecule has 0 N–H and O–H groups in total. The zero-order chi connectivity index (χ0) is 19.2. The van der Waals surface area contributed by atoms with Gasteiger partial charge in [-0.15, -0.1) is 0 Å². The average molecular weight is 481 g/mol. The lowest BCUT2D eigenvalue weighted by Gasteiger charge is -2.29. The van der Waals surface area contributed by atoms with Crippen LogP contribution in [0.25, 0.3) is 0 Å². The van der Waals surface area contributed by atoms with Gasteiger partial charge in [-0.3, -0.25) is 0 Å². The Labute approximate surface area is 180 Å². The van der Waals surface area contributed by atoms with Gasteiger partial charge in [0.2, 0.25) is 0 Å². The third-order valence-corrected chi connectivity index (χ3v) is 5.95. The number of piperidine rings is 1. The van der Waals surface area contributed by atoms with Crippen molar-refractivity contribution in [1.29, 1.82) is 0 Å². The molecular weight excluding hydrogens is 457 g/mol. The second-order valence-electron chi connectivity index (χ2n) is 6.98. The molecule has 4 heteroatoms. The maximum atomic E-state index is 4.83. The molecule has 0 bridgehead atoms. The third kappa shape index (κ3) is 4.55. The molecule has 0 spiro atoms. The van der Waals surface area contributed by atoms with Gasteiger partial charge in [-0.05, 0) is 78.3 Å². The smallest absolute Gasteiger partial charge is 0.0652 e. The second-order valence-corrected chi connectivity index (χ2v) is 8.14. The summed E-state index contributed by atoms with van der Waals surface area (Å²) in [5, 5.41) is 6.81. The van der Waals surface area contributed by atoms with E-state index in [1.54, 1.807) is 0 Å². The molecule has 0 amide bonds. The van der Waals surface area contributed by atoms with Gasteiger partial charge in [-0.1, -0.05) is 42.5 Å². The zero-order valence-electron chi connectivity index (χ0n) is 15.8. The van der Waals surface area contributed by atoms with E-state index in [0.717, 1.165) is 16.9 Å². The third-order valence-electron chi connectivity index (χ3n) is 5.02. The quantitative estimate of drug-likeness (QED) is 0.237. The van der Waals surface area contributed by atoms with Crippen molar-refractivity contribution in [2.75, 3.05) is 23.0 Å². The summed E-state index contributed by atoms with van der Waals surface area (Å²) in [7, 11) is 0. The van der Waals surface area contributed by atoms with Crippen molar-refractivity contribution in [2.45, 2.75) is 19.3 Å². The summed E-state index contributed by atoms with van der Waals surface area (Å²) in [6, 6.07) is 27.2. The highest BCUT2D eigenvalue weighted by molar-refractivity contribution is 14.1. The van der Waals surface area contributed by atoms with E-state index in [-0.39, 0.29) is 0 Å². The van der Waals surface area contributed by atoms with Crippen LogP contribution in [0.3, 0.4) is 0 Å². The van der Waals surface area contributed by atoms with E-state index in [4.69, 9.17) is 5.10 Å². The molecule has 0 aromatic heterocycles. The standard InChI is InChI=1S/C24H24IN3/c25-24-18-23(27-16-8-3-9-17-27)15-14-20(24)19-26-28(21-10-4-1-5-11-21)22-12-6-2-7-13-22/h1-2,4-7,10-15,18-19H,3,8-9,16-17H2. The minimum absolute atomic E-state index is 1.05. The van der Waals surface area contributed by atoms with E-state index >= 15 is 0 Å². The normalized spacial score (nSPS) is 14.4. The number of rotatable bonds is 5. The molecule has 28 heavy (non-hydrogen) atoms. The van der Waals surface area contributed by atoms with Crippen LogP contribution in [0.1, 0.15) is 24.8 Å². The molecule has 1 heterocycles. The van der Waals surface area contributed by atoms with Gasteiger partial charge in [0.25, 0.3) is 0 Å². The van der Waals surface area contributed by atoms with Gasteiger partial charge < -0.3 is 4.90 Å². The van der Waals surface area contributed by atoms with Crippen LogP contribution in [-0.2, 0) is 0 Å². The number of anilines is 3. The number of benzene rings is 3. The molecule has 0 saturated carbocycles. The molecule has 0 aliphatic carbocycles. The Balaban J connectivity index is 1.60. The van der Waals surface area contributed by atoms with Crippen molar-refractivity contribution < 1.29 is 0 Å². The fourth-order valence-electron chi connectivity index (χ4n) is 3.51. The summed E-state index contributed by atoms with van der Waals surface area (Å²) in [6.07, 6.45) is 5.90. The fourth-order valence-corrected chi connectivity index (χ4v) is 4.15. The summed E-state index contributed by atoms with van der Waals surface area (Å²) in [5.74, 6) is 0. The molecule has 1 fully saturated rings. The molecule has 1 aliphatic heterocycles. The van der Waals surface area contributed by atoms with Crippen LogP contribution >= 0.6 is 22.6 Å². The number of halogens is 1. The van der Waals surface area contributed by atoms with Gasteiger partial charge in [0.1, 0.15) is 0 Å². The van der Waals surface area contributed by atoms with E-state index in [1.807, 2.05) is 47.6 Å². The second kappa shape index (κ2) is 9.24. The molecule has 4 rings (SSSR count). The van der Waals surface area contributed by atoms with Crippen molar-refractivity contribution in [2.24, 2.45) is 5.10 Å². The minimum Gasteiger partial charge on any atom is -0.372 e. The first kappa shape index (κ1) is 19.0. The first-order valence-corrected chi connectivity index (χ1v) is 10.9. The number of hydrogen-bond acceptors (Lipinski definition) is 3. The van der Waals surface area contributed by atoms with E-state index in [2.05, 4.69) is 70.0 Å². The summed E-state index contributed by atoms with van der Waals surface area (Å²) < 4.78 is 1.23. The molecule has 0 radical (unpaired) electrons. The Morgan fingerprint density at radius 1 is 0.786 bits per heavy atom. The molecule has 3 nitrogen and oxygen atoms in total. The van der Waals surface area contributed by atoms with Gasteiger partial charge >= 0.3 is 0 Å². The molecular formula is C24H24IN3. The van der Waals surface area contributed by atoms with Crippen LogP contribution in [0.2, 0.25) is 0 Å². The van der Waals surface area contributed by atoms with E-state index in [1.165, 1.54) is 41.6 Å². The summed E-state index contributed by atoms with van der Waals surface area (Å²) in [4.78, 5) is 2.49. The predicted octanol–water partition coefficient (Wildman–Crippen LogP) is 6.45. The predicted molar refractivity (Wildman–Crippen MR) is 128 cm³/mol. The van der Waals surface area contributed by atoms with Gasteiger partial charge in [0.05, 0.1) is 17.6 Å². The molecule has 0 atom stereocenters. The Morgan fingerprint density at radius 3 is 1.96 bits per heavy atom. The highest BCUT2D eigenvalue weighted by Crippen LogP contribution is 2.26. The minimum atomic E-state index is 1.05. The monoisotopic (exact) mass is 481 g/mol. The highest BCUT2D eigenvalue weighted by Gasteiger charge is 2.12. The Hall–Kier alpha value is -2.34. The summed E-state index contributed by atoms with van der Waals surface area (Å²) in [5.41, 5.74) is 4.55. The van der Waals surface area contributed by atoms with Crippen LogP contribution < -0.4 is 9.91 Å². The fraction of sp³-hybridized carbons (Fsp3) is 0.208. The van der Waals surface area contributed by atoms with Crippen molar-refractivity contribution in [3.05, 3.63) is 88.0 Å². The molecule has 142 valence electrons. The number of para-hydroxylation sites is 2. The Kier molecular flexibility index (Phi) is 6.27. The average Bonchev–Trinajstić information content (AvgIpc) is 2.77. The van der Waals surface area contributed by atoms with Gasteiger partial charge in [0.15, 0.2) is 0 Å².